The fraction of sp³-hybridized carbons (Fsp3) is 0.125. The van der Waals surface area contributed by atoms with Gasteiger partial charge in [0.25, 0.3) is 11.8 Å². The molecule has 0 aliphatic carbocycles. The van der Waals surface area contributed by atoms with Gasteiger partial charge < -0.3 is 14.6 Å². The van der Waals surface area contributed by atoms with Crippen LogP contribution in [0.1, 0.15) is 32.2 Å². The molecular formula is C24H21N3O3. The number of rotatable bonds is 6. The Hall–Kier alpha value is -3.93. The van der Waals surface area contributed by atoms with E-state index in [1.807, 2.05) is 48.5 Å². The van der Waals surface area contributed by atoms with Crippen molar-refractivity contribution in [2.45, 2.75) is 13.1 Å². The summed E-state index contributed by atoms with van der Waals surface area (Å²) in [6, 6.07) is 22.2. The van der Waals surface area contributed by atoms with E-state index in [2.05, 4.69) is 10.3 Å². The van der Waals surface area contributed by atoms with Crippen LogP contribution in [0.25, 0.3) is 10.9 Å². The topological polar surface area (TPSA) is 75.4 Å². The van der Waals surface area contributed by atoms with Crippen LogP contribution in [0.2, 0.25) is 0 Å². The smallest absolute Gasteiger partial charge is 0.273 e. The fourth-order valence-electron chi connectivity index (χ4n) is 3.26. The van der Waals surface area contributed by atoms with Gasteiger partial charge in [-0.15, -0.1) is 0 Å². The Morgan fingerprint density at radius 3 is 2.47 bits per heavy atom. The Labute approximate surface area is 174 Å². The van der Waals surface area contributed by atoms with Crippen LogP contribution in [0, 0.1) is 0 Å². The molecule has 6 nitrogen and oxygen atoms in total. The molecule has 2 aromatic carbocycles. The number of nitrogens with one attached hydrogen (secondary N) is 1. The monoisotopic (exact) mass is 399 g/mol. The van der Waals surface area contributed by atoms with Crippen LogP contribution < -0.4 is 5.32 Å². The standard InChI is InChI=1S/C24H21N3O3/c1-25-23(28)19-10-8-17(9-11-19)15-27(16-20-6-4-14-30-20)24(29)22-13-12-18-5-2-3-7-21(18)26-22/h2-14H,15-16H2,1H3,(H,25,28). The van der Waals surface area contributed by atoms with Gasteiger partial charge in [0, 0.05) is 24.5 Å². The van der Waals surface area contributed by atoms with Crippen molar-refractivity contribution in [1.82, 2.24) is 15.2 Å². The van der Waals surface area contributed by atoms with Crippen molar-refractivity contribution in [3.05, 3.63) is 102 Å². The number of nitrogens with zero attached hydrogens (tertiary/aromatic N) is 2. The summed E-state index contributed by atoms with van der Waals surface area (Å²) in [5.74, 6) is 0.351. The minimum atomic E-state index is -0.187. The number of hydrogen-bond acceptors (Lipinski definition) is 4. The Balaban J connectivity index is 1.61. The molecule has 150 valence electrons. The Morgan fingerprint density at radius 1 is 0.933 bits per heavy atom. The average Bonchev–Trinajstić information content (AvgIpc) is 3.31. The number of carbonyl (C=O) groups is 2. The molecule has 0 bridgehead atoms. The minimum Gasteiger partial charge on any atom is -0.467 e. The molecule has 0 aliphatic heterocycles. The van der Waals surface area contributed by atoms with Gasteiger partial charge in [-0.3, -0.25) is 9.59 Å². The van der Waals surface area contributed by atoms with Crippen LogP contribution in [0.5, 0.6) is 0 Å². The average molecular weight is 399 g/mol. The van der Waals surface area contributed by atoms with E-state index in [4.69, 9.17) is 4.42 Å². The molecule has 2 aromatic heterocycles. The van der Waals surface area contributed by atoms with Crippen molar-refractivity contribution in [2.24, 2.45) is 0 Å². The first-order valence-electron chi connectivity index (χ1n) is 9.62. The number of benzene rings is 2. The normalized spacial score (nSPS) is 10.7. The number of para-hydroxylation sites is 1. The van der Waals surface area contributed by atoms with Gasteiger partial charge in [-0.2, -0.15) is 0 Å². The number of carbonyl (C=O) groups excluding carboxylic acids is 2. The SMILES string of the molecule is CNC(=O)c1ccc(CN(Cc2ccco2)C(=O)c2ccc3ccccc3n2)cc1. The van der Waals surface area contributed by atoms with Crippen LogP contribution in [-0.4, -0.2) is 28.7 Å². The number of amides is 2. The van der Waals surface area contributed by atoms with Crippen LogP contribution >= 0.6 is 0 Å². The third-order valence-corrected chi connectivity index (χ3v) is 4.85. The Bertz CT molecular complexity index is 1170. The van der Waals surface area contributed by atoms with Crippen LogP contribution in [-0.2, 0) is 13.1 Å². The third-order valence-electron chi connectivity index (χ3n) is 4.85. The fourth-order valence-corrected chi connectivity index (χ4v) is 3.26. The zero-order valence-corrected chi connectivity index (χ0v) is 16.5. The Kier molecular flexibility index (Phi) is 5.57. The highest BCUT2D eigenvalue weighted by molar-refractivity contribution is 5.95. The van der Waals surface area contributed by atoms with Crippen molar-refractivity contribution in [3.63, 3.8) is 0 Å². The highest BCUT2D eigenvalue weighted by Crippen LogP contribution is 2.17. The summed E-state index contributed by atoms with van der Waals surface area (Å²) in [6.07, 6.45) is 1.59. The molecular weight excluding hydrogens is 378 g/mol. The predicted octanol–water partition coefficient (Wildman–Crippen LogP) is 4.03. The molecule has 4 aromatic rings. The van der Waals surface area contributed by atoms with Gasteiger partial charge in [0.1, 0.15) is 11.5 Å². The maximum Gasteiger partial charge on any atom is 0.273 e. The lowest BCUT2D eigenvalue weighted by Crippen LogP contribution is -2.30. The van der Waals surface area contributed by atoms with E-state index < -0.39 is 0 Å². The van der Waals surface area contributed by atoms with Crippen molar-refractivity contribution >= 4 is 22.7 Å². The molecule has 0 aliphatic rings. The minimum absolute atomic E-state index is 0.148. The molecule has 4 rings (SSSR count). The largest absolute Gasteiger partial charge is 0.467 e. The summed E-state index contributed by atoms with van der Waals surface area (Å²) in [7, 11) is 1.59. The van der Waals surface area contributed by atoms with Crippen molar-refractivity contribution in [1.29, 1.82) is 0 Å². The molecule has 0 spiro atoms. The summed E-state index contributed by atoms with van der Waals surface area (Å²) in [5.41, 5.74) is 2.63. The summed E-state index contributed by atoms with van der Waals surface area (Å²) >= 11 is 0. The number of pyridine rings is 1. The molecule has 0 radical (unpaired) electrons. The lowest BCUT2D eigenvalue weighted by atomic mass is 10.1. The van der Waals surface area contributed by atoms with Crippen molar-refractivity contribution in [3.8, 4) is 0 Å². The third kappa shape index (κ3) is 4.22. The second kappa shape index (κ2) is 8.61. The number of aromatic nitrogens is 1. The molecule has 2 heterocycles. The van der Waals surface area contributed by atoms with Gasteiger partial charge in [-0.1, -0.05) is 36.4 Å². The summed E-state index contributed by atoms with van der Waals surface area (Å²) < 4.78 is 5.46. The van der Waals surface area contributed by atoms with E-state index in [1.165, 1.54) is 0 Å². The summed E-state index contributed by atoms with van der Waals surface area (Å²) in [6.45, 7) is 0.680. The first-order valence-corrected chi connectivity index (χ1v) is 9.62. The lowest BCUT2D eigenvalue weighted by molar-refractivity contribution is 0.0712. The number of furan rings is 1. The van der Waals surface area contributed by atoms with Gasteiger partial charge in [0.05, 0.1) is 18.3 Å². The molecule has 1 N–H and O–H groups in total. The van der Waals surface area contributed by atoms with E-state index in [0.29, 0.717) is 30.1 Å². The summed E-state index contributed by atoms with van der Waals surface area (Å²) in [4.78, 5) is 31.3. The van der Waals surface area contributed by atoms with Gasteiger partial charge in [-0.05, 0) is 42.0 Å². The molecule has 2 amide bonds. The van der Waals surface area contributed by atoms with E-state index in [-0.39, 0.29) is 11.8 Å². The number of fused-ring (bicyclic) bond motifs is 1. The van der Waals surface area contributed by atoms with Crippen LogP contribution in [0.3, 0.4) is 0 Å². The maximum absolute atomic E-state index is 13.3. The van der Waals surface area contributed by atoms with Crippen LogP contribution in [0.4, 0.5) is 0 Å². The second-order valence-electron chi connectivity index (χ2n) is 6.91. The van der Waals surface area contributed by atoms with E-state index in [1.54, 1.807) is 42.5 Å². The maximum atomic E-state index is 13.3. The predicted molar refractivity (Wildman–Crippen MR) is 114 cm³/mol. The van der Waals surface area contributed by atoms with E-state index in [9.17, 15) is 9.59 Å². The first-order chi connectivity index (χ1) is 14.6. The molecule has 0 atom stereocenters. The van der Waals surface area contributed by atoms with Crippen molar-refractivity contribution in [2.75, 3.05) is 7.05 Å². The zero-order chi connectivity index (χ0) is 20.9. The second-order valence-corrected chi connectivity index (χ2v) is 6.91. The van der Waals surface area contributed by atoms with E-state index in [0.717, 1.165) is 16.5 Å². The number of hydrogen-bond donors (Lipinski definition) is 1. The highest BCUT2D eigenvalue weighted by Gasteiger charge is 2.19. The lowest BCUT2D eigenvalue weighted by Gasteiger charge is -2.22. The van der Waals surface area contributed by atoms with Gasteiger partial charge >= 0.3 is 0 Å². The van der Waals surface area contributed by atoms with Crippen LogP contribution in [0.15, 0.2) is 83.5 Å². The van der Waals surface area contributed by atoms with Gasteiger partial charge in [0.15, 0.2) is 0 Å². The molecule has 0 saturated heterocycles. The highest BCUT2D eigenvalue weighted by atomic mass is 16.3. The van der Waals surface area contributed by atoms with E-state index >= 15 is 0 Å². The van der Waals surface area contributed by atoms with Gasteiger partial charge in [0.2, 0.25) is 0 Å². The molecule has 0 fully saturated rings. The summed E-state index contributed by atoms with van der Waals surface area (Å²) in [5, 5.41) is 3.58. The molecule has 6 heteroatoms. The van der Waals surface area contributed by atoms with Crippen molar-refractivity contribution < 1.29 is 14.0 Å². The molecule has 0 saturated carbocycles. The molecule has 30 heavy (non-hydrogen) atoms. The van der Waals surface area contributed by atoms with Gasteiger partial charge in [-0.25, -0.2) is 4.98 Å². The zero-order valence-electron chi connectivity index (χ0n) is 16.5. The quantitative estimate of drug-likeness (QED) is 0.531. The first kappa shape index (κ1) is 19.4. The Morgan fingerprint density at radius 2 is 1.73 bits per heavy atom. The molecule has 0 unspecified atom stereocenters.